The summed E-state index contributed by atoms with van der Waals surface area (Å²) in [7, 11) is 0. The Bertz CT molecular complexity index is 200. The first kappa shape index (κ1) is 9.17. The van der Waals surface area contributed by atoms with Gasteiger partial charge < -0.3 is 10.1 Å². The van der Waals surface area contributed by atoms with Gasteiger partial charge in [0.25, 0.3) is 0 Å². The summed E-state index contributed by atoms with van der Waals surface area (Å²) >= 11 is 0. The Labute approximate surface area is 86.4 Å². The van der Waals surface area contributed by atoms with Gasteiger partial charge >= 0.3 is 0 Å². The number of ether oxygens (including phenoxy) is 1. The maximum Gasteiger partial charge on any atom is 0.0700 e. The lowest BCUT2D eigenvalue weighted by Gasteiger charge is -2.24. The zero-order valence-electron chi connectivity index (χ0n) is 8.87. The van der Waals surface area contributed by atoms with Gasteiger partial charge in [-0.05, 0) is 43.9 Å². The molecule has 2 bridgehead atoms. The minimum atomic E-state index is 0.522. The predicted octanol–water partition coefficient (Wildman–Crippen LogP) is 1.94. The minimum absolute atomic E-state index is 0.522. The first-order chi connectivity index (χ1) is 6.92. The van der Waals surface area contributed by atoms with Gasteiger partial charge in [0.05, 0.1) is 6.10 Å². The number of hydrogen-bond acceptors (Lipinski definition) is 2. The lowest BCUT2D eigenvalue weighted by Crippen LogP contribution is -2.38. The topological polar surface area (TPSA) is 21.3 Å². The van der Waals surface area contributed by atoms with Gasteiger partial charge in [0.15, 0.2) is 0 Å². The molecule has 0 unspecified atom stereocenters. The van der Waals surface area contributed by atoms with Crippen molar-refractivity contribution in [3.8, 4) is 0 Å². The Morgan fingerprint density at radius 1 is 1.14 bits per heavy atom. The molecular weight excluding hydrogens is 174 g/mol. The van der Waals surface area contributed by atoms with E-state index in [1.807, 2.05) is 0 Å². The lowest BCUT2D eigenvalue weighted by atomic mass is 9.95. The highest BCUT2D eigenvalue weighted by Crippen LogP contribution is 2.44. The largest absolute Gasteiger partial charge is 0.377 e. The molecule has 0 aromatic rings. The number of nitrogens with one attached hydrogen (secondary N) is 1. The van der Waals surface area contributed by atoms with Crippen LogP contribution in [0.4, 0.5) is 0 Å². The van der Waals surface area contributed by atoms with Crippen molar-refractivity contribution in [2.24, 2.45) is 11.8 Å². The molecule has 0 radical (unpaired) electrons. The van der Waals surface area contributed by atoms with Crippen LogP contribution in [0.3, 0.4) is 0 Å². The van der Waals surface area contributed by atoms with E-state index in [0.717, 1.165) is 31.0 Å². The molecule has 3 fully saturated rings. The van der Waals surface area contributed by atoms with Crippen LogP contribution in [0.1, 0.15) is 38.5 Å². The summed E-state index contributed by atoms with van der Waals surface area (Å²) in [5.41, 5.74) is 0. The molecule has 0 spiro atoms. The first-order valence-electron chi connectivity index (χ1n) is 6.27. The molecule has 3 aliphatic rings. The number of fused-ring (bicyclic) bond motifs is 2. The van der Waals surface area contributed by atoms with Crippen molar-refractivity contribution in [1.29, 1.82) is 0 Å². The van der Waals surface area contributed by atoms with E-state index < -0.39 is 0 Å². The normalized spacial score (nSPS) is 46.3. The summed E-state index contributed by atoms with van der Waals surface area (Å²) in [4.78, 5) is 0. The van der Waals surface area contributed by atoms with Gasteiger partial charge in [0, 0.05) is 19.2 Å². The highest BCUT2D eigenvalue weighted by Gasteiger charge is 2.39. The van der Waals surface area contributed by atoms with Crippen molar-refractivity contribution >= 4 is 0 Å². The fourth-order valence-electron chi connectivity index (χ4n) is 3.58. The molecule has 14 heavy (non-hydrogen) atoms. The highest BCUT2D eigenvalue weighted by atomic mass is 16.5. The van der Waals surface area contributed by atoms with Crippen LogP contribution in [0.5, 0.6) is 0 Å². The van der Waals surface area contributed by atoms with Gasteiger partial charge in [-0.2, -0.15) is 0 Å². The monoisotopic (exact) mass is 195 g/mol. The van der Waals surface area contributed by atoms with E-state index in [9.17, 15) is 0 Å². The molecule has 2 nitrogen and oxygen atoms in total. The number of rotatable bonds is 3. The van der Waals surface area contributed by atoms with Crippen LogP contribution in [-0.4, -0.2) is 25.3 Å². The second-order valence-electron chi connectivity index (χ2n) is 5.32. The Kier molecular flexibility index (Phi) is 2.50. The van der Waals surface area contributed by atoms with Gasteiger partial charge in [0.1, 0.15) is 0 Å². The summed E-state index contributed by atoms with van der Waals surface area (Å²) in [5.74, 6) is 2.06. The molecule has 80 valence electrons. The molecule has 3 rings (SSSR count). The van der Waals surface area contributed by atoms with Crippen molar-refractivity contribution in [3.63, 3.8) is 0 Å². The van der Waals surface area contributed by atoms with Crippen molar-refractivity contribution in [1.82, 2.24) is 5.32 Å². The van der Waals surface area contributed by atoms with Gasteiger partial charge in [-0.15, -0.1) is 0 Å². The van der Waals surface area contributed by atoms with E-state index in [1.165, 1.54) is 38.5 Å². The molecule has 0 aromatic carbocycles. The lowest BCUT2D eigenvalue weighted by molar-refractivity contribution is 0.105. The van der Waals surface area contributed by atoms with Crippen LogP contribution < -0.4 is 5.32 Å². The molecule has 0 amide bonds. The van der Waals surface area contributed by atoms with E-state index in [4.69, 9.17) is 4.74 Å². The minimum Gasteiger partial charge on any atom is -0.377 e. The third-order valence-corrected chi connectivity index (χ3v) is 4.37. The Hall–Kier alpha value is -0.0800. The van der Waals surface area contributed by atoms with Crippen LogP contribution in [0, 0.1) is 11.8 Å². The van der Waals surface area contributed by atoms with Crippen LogP contribution in [0.15, 0.2) is 0 Å². The van der Waals surface area contributed by atoms with E-state index >= 15 is 0 Å². The standard InChI is InChI=1S/C12H21NO/c1-2-11(14-5-1)8-13-12-7-9-3-4-10(12)6-9/h9-13H,1-8H2/t9-,10-,11+,12+/m1/s1. The van der Waals surface area contributed by atoms with Crippen LogP contribution in [0.25, 0.3) is 0 Å². The summed E-state index contributed by atoms with van der Waals surface area (Å²) in [6, 6.07) is 0.831. The van der Waals surface area contributed by atoms with Gasteiger partial charge in [0.2, 0.25) is 0 Å². The van der Waals surface area contributed by atoms with Crippen molar-refractivity contribution in [2.75, 3.05) is 13.2 Å². The second kappa shape index (κ2) is 3.82. The molecule has 2 heteroatoms. The maximum absolute atomic E-state index is 5.63. The van der Waals surface area contributed by atoms with Crippen molar-refractivity contribution in [2.45, 2.75) is 50.7 Å². The number of hydrogen-bond donors (Lipinski definition) is 1. The van der Waals surface area contributed by atoms with Crippen molar-refractivity contribution in [3.05, 3.63) is 0 Å². The zero-order chi connectivity index (χ0) is 9.38. The van der Waals surface area contributed by atoms with Crippen molar-refractivity contribution < 1.29 is 4.74 Å². The molecule has 0 aromatic heterocycles. The second-order valence-corrected chi connectivity index (χ2v) is 5.32. The highest BCUT2D eigenvalue weighted by molar-refractivity contribution is 4.94. The third-order valence-electron chi connectivity index (χ3n) is 4.37. The predicted molar refractivity (Wildman–Crippen MR) is 56.2 cm³/mol. The molecule has 2 saturated carbocycles. The van der Waals surface area contributed by atoms with Crippen LogP contribution in [0.2, 0.25) is 0 Å². The summed E-state index contributed by atoms with van der Waals surface area (Å²) in [5, 5.41) is 3.73. The average molecular weight is 195 g/mol. The van der Waals surface area contributed by atoms with Crippen LogP contribution >= 0.6 is 0 Å². The first-order valence-corrected chi connectivity index (χ1v) is 6.27. The molecule has 1 heterocycles. The quantitative estimate of drug-likeness (QED) is 0.743. The molecule has 2 aliphatic carbocycles. The molecule has 1 aliphatic heterocycles. The molecule has 1 N–H and O–H groups in total. The Morgan fingerprint density at radius 2 is 2.14 bits per heavy atom. The average Bonchev–Trinajstić information content (AvgIpc) is 2.91. The Morgan fingerprint density at radius 3 is 2.79 bits per heavy atom. The van der Waals surface area contributed by atoms with Gasteiger partial charge in [-0.3, -0.25) is 0 Å². The van der Waals surface area contributed by atoms with E-state index in [0.29, 0.717) is 6.10 Å². The van der Waals surface area contributed by atoms with Crippen LogP contribution in [-0.2, 0) is 4.74 Å². The molecular formula is C12H21NO. The molecule has 1 saturated heterocycles. The smallest absolute Gasteiger partial charge is 0.0700 e. The zero-order valence-corrected chi connectivity index (χ0v) is 8.87. The Balaban J connectivity index is 1.44. The summed E-state index contributed by atoms with van der Waals surface area (Å²) in [6.07, 6.45) is 8.99. The van der Waals surface area contributed by atoms with Gasteiger partial charge in [-0.25, -0.2) is 0 Å². The molecule has 4 atom stereocenters. The summed E-state index contributed by atoms with van der Waals surface area (Å²) < 4.78 is 5.63. The van der Waals surface area contributed by atoms with E-state index in [1.54, 1.807) is 0 Å². The third kappa shape index (κ3) is 1.70. The van der Waals surface area contributed by atoms with Gasteiger partial charge in [-0.1, -0.05) is 6.42 Å². The van der Waals surface area contributed by atoms with E-state index in [2.05, 4.69) is 5.32 Å². The summed E-state index contributed by atoms with van der Waals surface area (Å²) in [6.45, 7) is 2.09. The van der Waals surface area contributed by atoms with E-state index in [-0.39, 0.29) is 0 Å². The maximum atomic E-state index is 5.63. The SMILES string of the molecule is C1CO[C@H](CN[C@H]2C[C@@H]3CC[C@@H]2C3)C1. The fraction of sp³-hybridized carbons (Fsp3) is 1.00. The fourth-order valence-corrected chi connectivity index (χ4v) is 3.58.